The molecule has 0 fully saturated rings. The van der Waals surface area contributed by atoms with Crippen LogP contribution in [0.15, 0.2) is 41.3 Å². The Bertz CT molecular complexity index is 1090. The van der Waals surface area contributed by atoms with Gasteiger partial charge in [-0.3, -0.25) is 9.59 Å². The van der Waals surface area contributed by atoms with Gasteiger partial charge in [-0.1, -0.05) is 19.9 Å². The maximum absolute atomic E-state index is 12.7. The summed E-state index contributed by atoms with van der Waals surface area (Å²) in [4.78, 5) is 25.0. The van der Waals surface area contributed by atoms with Crippen LogP contribution in [0.2, 0.25) is 0 Å². The highest BCUT2D eigenvalue weighted by molar-refractivity contribution is 6.01. The minimum atomic E-state index is -0.238. The monoisotopic (exact) mass is 392 g/mol. The first-order valence-corrected chi connectivity index (χ1v) is 10.5. The van der Waals surface area contributed by atoms with Crippen molar-refractivity contribution in [2.75, 3.05) is 5.32 Å². The number of nitrogens with one attached hydrogen (secondary N) is 1. The van der Waals surface area contributed by atoms with Gasteiger partial charge < -0.3 is 9.88 Å². The third-order valence-corrected chi connectivity index (χ3v) is 5.60. The SMILES string of the molecule is CC(C)CCn1ccc2c(NC(=O)Cn3nc4c(cc3=O)CCCC4)cccc21. The molecule has 0 radical (unpaired) electrons. The number of hydrogen-bond donors (Lipinski definition) is 1. The number of fused-ring (bicyclic) bond motifs is 2. The van der Waals surface area contributed by atoms with Crippen molar-refractivity contribution in [2.45, 2.75) is 59.0 Å². The molecule has 0 unspecified atom stereocenters. The molecular formula is C23H28N4O2. The smallest absolute Gasteiger partial charge is 0.267 e. The van der Waals surface area contributed by atoms with Gasteiger partial charge in [0.2, 0.25) is 5.91 Å². The highest BCUT2D eigenvalue weighted by atomic mass is 16.2. The summed E-state index contributed by atoms with van der Waals surface area (Å²) in [7, 11) is 0. The van der Waals surface area contributed by atoms with Gasteiger partial charge >= 0.3 is 0 Å². The maximum atomic E-state index is 12.7. The summed E-state index contributed by atoms with van der Waals surface area (Å²) in [5, 5.41) is 8.42. The number of nitrogens with zero attached hydrogens (tertiary/aromatic N) is 3. The molecule has 0 saturated carbocycles. The van der Waals surface area contributed by atoms with E-state index < -0.39 is 0 Å². The lowest BCUT2D eigenvalue weighted by atomic mass is 9.97. The predicted octanol–water partition coefficient (Wildman–Crippen LogP) is 3.76. The zero-order chi connectivity index (χ0) is 20.4. The molecule has 4 rings (SSSR count). The van der Waals surface area contributed by atoms with E-state index in [1.807, 2.05) is 18.2 Å². The van der Waals surface area contributed by atoms with E-state index in [9.17, 15) is 9.59 Å². The van der Waals surface area contributed by atoms with Crippen LogP contribution >= 0.6 is 0 Å². The number of benzene rings is 1. The zero-order valence-electron chi connectivity index (χ0n) is 17.1. The standard InChI is InChI=1S/C23H28N4O2/c1-16(2)10-12-26-13-11-18-20(8-5-9-21(18)26)24-22(28)15-27-23(29)14-17-6-3-4-7-19(17)25-27/h5,8-9,11,13-14,16H,3-4,6-7,10,12,15H2,1-2H3,(H,24,28). The largest absolute Gasteiger partial charge is 0.347 e. The van der Waals surface area contributed by atoms with Gasteiger partial charge in [0, 0.05) is 24.2 Å². The molecule has 0 atom stereocenters. The van der Waals surface area contributed by atoms with Gasteiger partial charge in [0.25, 0.3) is 5.56 Å². The molecule has 0 spiro atoms. The van der Waals surface area contributed by atoms with E-state index >= 15 is 0 Å². The molecule has 2 aromatic heterocycles. The zero-order valence-corrected chi connectivity index (χ0v) is 17.1. The minimum absolute atomic E-state index is 0.0729. The Kier molecular flexibility index (Phi) is 5.51. The molecule has 1 aromatic carbocycles. The molecule has 6 heteroatoms. The average Bonchev–Trinajstić information content (AvgIpc) is 3.11. The van der Waals surface area contributed by atoms with Gasteiger partial charge in [-0.2, -0.15) is 5.10 Å². The maximum Gasteiger partial charge on any atom is 0.267 e. The summed E-state index contributed by atoms with van der Waals surface area (Å²) in [5.41, 5.74) is 3.64. The van der Waals surface area contributed by atoms with Crippen molar-refractivity contribution in [2.24, 2.45) is 5.92 Å². The van der Waals surface area contributed by atoms with E-state index in [4.69, 9.17) is 0 Å². The Labute approximate surface area is 170 Å². The third kappa shape index (κ3) is 4.26. The number of carbonyl (C=O) groups excluding carboxylic acids is 1. The van der Waals surface area contributed by atoms with Gasteiger partial charge in [-0.05, 0) is 61.8 Å². The lowest BCUT2D eigenvalue weighted by molar-refractivity contribution is -0.117. The van der Waals surface area contributed by atoms with Crippen LogP contribution in [-0.4, -0.2) is 20.3 Å². The molecule has 2 heterocycles. The minimum Gasteiger partial charge on any atom is -0.347 e. The van der Waals surface area contributed by atoms with E-state index in [-0.39, 0.29) is 18.0 Å². The van der Waals surface area contributed by atoms with Crippen LogP contribution in [0.4, 0.5) is 5.69 Å². The van der Waals surface area contributed by atoms with Crippen LogP contribution in [0.5, 0.6) is 0 Å². The number of anilines is 1. The molecule has 152 valence electrons. The van der Waals surface area contributed by atoms with Gasteiger partial charge in [-0.15, -0.1) is 0 Å². The second-order valence-electron chi connectivity index (χ2n) is 8.30. The normalized spacial score (nSPS) is 13.6. The molecule has 1 amide bonds. The highest BCUT2D eigenvalue weighted by Crippen LogP contribution is 2.25. The Morgan fingerprint density at radius 1 is 1.21 bits per heavy atom. The van der Waals surface area contributed by atoms with Crippen molar-refractivity contribution >= 4 is 22.5 Å². The van der Waals surface area contributed by atoms with Crippen molar-refractivity contribution in [3.05, 3.63) is 58.1 Å². The molecule has 1 N–H and O–H groups in total. The summed E-state index contributed by atoms with van der Waals surface area (Å²) in [5.74, 6) is 0.399. The molecule has 0 saturated heterocycles. The number of hydrogen-bond acceptors (Lipinski definition) is 3. The predicted molar refractivity (Wildman–Crippen MR) is 115 cm³/mol. The van der Waals surface area contributed by atoms with Crippen LogP contribution in [0.25, 0.3) is 10.9 Å². The highest BCUT2D eigenvalue weighted by Gasteiger charge is 2.15. The number of aryl methyl sites for hydroxylation is 3. The number of amides is 1. The second kappa shape index (κ2) is 8.23. The summed E-state index contributed by atoms with van der Waals surface area (Å²) >= 11 is 0. The van der Waals surface area contributed by atoms with Gasteiger partial charge in [0.15, 0.2) is 0 Å². The molecule has 1 aliphatic rings. The van der Waals surface area contributed by atoms with E-state index in [1.165, 1.54) is 4.68 Å². The van der Waals surface area contributed by atoms with E-state index in [2.05, 4.69) is 41.1 Å². The van der Waals surface area contributed by atoms with Crippen molar-refractivity contribution in [3.63, 3.8) is 0 Å². The Balaban J connectivity index is 1.52. The molecule has 0 aliphatic heterocycles. The van der Waals surface area contributed by atoms with Crippen LogP contribution in [0.1, 0.15) is 44.4 Å². The molecule has 0 bridgehead atoms. The van der Waals surface area contributed by atoms with Gasteiger partial charge in [-0.25, -0.2) is 4.68 Å². The van der Waals surface area contributed by atoms with Crippen LogP contribution in [-0.2, 0) is 30.7 Å². The van der Waals surface area contributed by atoms with E-state index in [0.717, 1.165) is 66.5 Å². The van der Waals surface area contributed by atoms with Gasteiger partial charge in [0.1, 0.15) is 6.54 Å². The van der Waals surface area contributed by atoms with Gasteiger partial charge in [0.05, 0.1) is 16.9 Å². The lowest BCUT2D eigenvalue weighted by Crippen LogP contribution is -2.31. The van der Waals surface area contributed by atoms with Crippen molar-refractivity contribution < 1.29 is 4.79 Å². The van der Waals surface area contributed by atoms with Crippen LogP contribution in [0, 0.1) is 5.92 Å². The molecule has 1 aliphatic carbocycles. The third-order valence-electron chi connectivity index (χ3n) is 5.60. The van der Waals surface area contributed by atoms with Crippen molar-refractivity contribution in [1.29, 1.82) is 0 Å². The fourth-order valence-corrected chi connectivity index (χ4v) is 3.96. The summed E-state index contributed by atoms with van der Waals surface area (Å²) in [6.07, 6.45) is 7.13. The first-order chi connectivity index (χ1) is 14.0. The summed E-state index contributed by atoms with van der Waals surface area (Å²) in [6, 6.07) is 9.60. The Morgan fingerprint density at radius 3 is 2.86 bits per heavy atom. The first-order valence-electron chi connectivity index (χ1n) is 10.5. The van der Waals surface area contributed by atoms with Crippen LogP contribution in [0.3, 0.4) is 0 Å². The average molecular weight is 393 g/mol. The first kappa shape index (κ1) is 19.4. The summed E-state index contributed by atoms with van der Waals surface area (Å²) < 4.78 is 3.51. The topological polar surface area (TPSA) is 68.9 Å². The number of carbonyl (C=O) groups is 1. The summed E-state index contributed by atoms with van der Waals surface area (Å²) in [6.45, 7) is 5.31. The van der Waals surface area contributed by atoms with Crippen molar-refractivity contribution in [3.8, 4) is 0 Å². The van der Waals surface area contributed by atoms with E-state index in [1.54, 1.807) is 6.07 Å². The second-order valence-corrected chi connectivity index (χ2v) is 8.30. The number of aromatic nitrogens is 3. The molecular weight excluding hydrogens is 364 g/mol. The Hall–Kier alpha value is -2.89. The van der Waals surface area contributed by atoms with E-state index in [0.29, 0.717) is 5.92 Å². The van der Waals surface area contributed by atoms with Crippen molar-refractivity contribution in [1.82, 2.24) is 14.3 Å². The fraction of sp³-hybridized carbons (Fsp3) is 0.435. The quantitative estimate of drug-likeness (QED) is 0.694. The number of rotatable bonds is 6. The molecule has 29 heavy (non-hydrogen) atoms. The fourth-order valence-electron chi connectivity index (χ4n) is 3.96. The van der Waals surface area contributed by atoms with Crippen LogP contribution < -0.4 is 10.9 Å². The Morgan fingerprint density at radius 2 is 2.03 bits per heavy atom. The lowest BCUT2D eigenvalue weighted by Gasteiger charge is -2.16. The molecule has 3 aromatic rings. The molecule has 6 nitrogen and oxygen atoms in total.